The molecule has 21 heavy (non-hydrogen) atoms. The molecule has 1 aromatic heterocycles. The topological polar surface area (TPSA) is 58.8 Å². The van der Waals surface area contributed by atoms with Crippen molar-refractivity contribution in [1.82, 2.24) is 10.6 Å². The van der Waals surface area contributed by atoms with E-state index in [1.807, 2.05) is 12.1 Å². The minimum absolute atomic E-state index is 0. The second kappa shape index (κ2) is 10.0. The standard InChI is InChI=1S/C15H25N3O2.HI/c1-3-16-15(17-9-8-13-5-4-10-20-13)18-14(11-19-2)12-6-7-12;/h4-5,10,12,14H,3,6-9,11H2,1-2H3,(H2,16,17,18);1H. The van der Waals surface area contributed by atoms with Crippen LogP contribution in [0.4, 0.5) is 0 Å². The summed E-state index contributed by atoms with van der Waals surface area (Å²) < 4.78 is 10.6. The predicted molar refractivity (Wildman–Crippen MR) is 95.3 cm³/mol. The van der Waals surface area contributed by atoms with E-state index < -0.39 is 0 Å². The Kier molecular flexibility index (Phi) is 8.75. The Morgan fingerprint density at radius 2 is 2.33 bits per heavy atom. The van der Waals surface area contributed by atoms with Gasteiger partial charge in [0.05, 0.1) is 18.9 Å². The van der Waals surface area contributed by atoms with Crippen molar-refractivity contribution < 1.29 is 9.15 Å². The molecule has 1 unspecified atom stereocenters. The van der Waals surface area contributed by atoms with Gasteiger partial charge in [0.1, 0.15) is 5.76 Å². The Balaban J connectivity index is 0.00000220. The number of nitrogens with one attached hydrogen (secondary N) is 2. The lowest BCUT2D eigenvalue weighted by atomic mass is 10.2. The van der Waals surface area contributed by atoms with E-state index in [0.717, 1.165) is 37.2 Å². The highest BCUT2D eigenvalue weighted by molar-refractivity contribution is 14.0. The minimum atomic E-state index is 0. The molecule has 0 aromatic carbocycles. The third kappa shape index (κ3) is 6.69. The van der Waals surface area contributed by atoms with Gasteiger partial charge in [0.25, 0.3) is 0 Å². The summed E-state index contributed by atoms with van der Waals surface area (Å²) in [5, 5.41) is 6.77. The number of furan rings is 1. The average Bonchev–Trinajstić information content (AvgIpc) is 3.16. The van der Waals surface area contributed by atoms with Crippen LogP contribution in [0.3, 0.4) is 0 Å². The Morgan fingerprint density at radius 1 is 1.52 bits per heavy atom. The zero-order valence-electron chi connectivity index (χ0n) is 12.8. The smallest absolute Gasteiger partial charge is 0.191 e. The fourth-order valence-corrected chi connectivity index (χ4v) is 2.20. The van der Waals surface area contributed by atoms with Gasteiger partial charge >= 0.3 is 0 Å². The summed E-state index contributed by atoms with van der Waals surface area (Å²) in [4.78, 5) is 4.60. The second-order valence-corrected chi connectivity index (χ2v) is 5.13. The van der Waals surface area contributed by atoms with Crippen molar-refractivity contribution in [3.8, 4) is 0 Å². The van der Waals surface area contributed by atoms with Crippen molar-refractivity contribution in [2.45, 2.75) is 32.2 Å². The number of nitrogens with zero attached hydrogens (tertiary/aromatic N) is 1. The normalized spacial score (nSPS) is 16.2. The average molecular weight is 407 g/mol. The molecule has 1 atom stereocenters. The Hall–Kier alpha value is -0.760. The van der Waals surface area contributed by atoms with Gasteiger partial charge in [-0.1, -0.05) is 0 Å². The molecule has 6 heteroatoms. The maximum absolute atomic E-state index is 5.31. The van der Waals surface area contributed by atoms with Gasteiger partial charge in [-0.2, -0.15) is 0 Å². The maximum Gasteiger partial charge on any atom is 0.191 e. The summed E-state index contributed by atoms with van der Waals surface area (Å²) in [6.07, 6.45) is 5.09. The van der Waals surface area contributed by atoms with Crippen molar-refractivity contribution in [2.75, 3.05) is 26.8 Å². The van der Waals surface area contributed by atoms with Crippen molar-refractivity contribution in [2.24, 2.45) is 10.9 Å². The van der Waals surface area contributed by atoms with Crippen molar-refractivity contribution in [3.63, 3.8) is 0 Å². The van der Waals surface area contributed by atoms with Gasteiger partial charge in [-0.15, -0.1) is 24.0 Å². The highest BCUT2D eigenvalue weighted by Gasteiger charge is 2.31. The molecule has 0 bridgehead atoms. The first-order chi connectivity index (χ1) is 9.83. The number of hydrogen-bond donors (Lipinski definition) is 2. The fourth-order valence-electron chi connectivity index (χ4n) is 2.20. The van der Waals surface area contributed by atoms with Crippen molar-refractivity contribution >= 4 is 29.9 Å². The number of hydrogen-bond acceptors (Lipinski definition) is 3. The van der Waals surface area contributed by atoms with E-state index in [4.69, 9.17) is 9.15 Å². The molecule has 1 saturated carbocycles. The molecule has 2 rings (SSSR count). The van der Waals surface area contributed by atoms with Gasteiger partial charge in [-0.25, -0.2) is 0 Å². The molecule has 1 aromatic rings. The number of rotatable bonds is 8. The molecule has 120 valence electrons. The van der Waals surface area contributed by atoms with Gasteiger partial charge in [0.2, 0.25) is 0 Å². The molecule has 1 aliphatic rings. The van der Waals surface area contributed by atoms with Crippen LogP contribution in [0.5, 0.6) is 0 Å². The second-order valence-electron chi connectivity index (χ2n) is 5.13. The van der Waals surface area contributed by atoms with E-state index in [1.165, 1.54) is 12.8 Å². The Labute approximate surface area is 143 Å². The number of guanidine groups is 1. The van der Waals surface area contributed by atoms with E-state index in [1.54, 1.807) is 13.4 Å². The predicted octanol–water partition coefficient (Wildman–Crippen LogP) is 2.42. The molecule has 1 aliphatic carbocycles. The molecular weight excluding hydrogens is 381 g/mol. The quantitative estimate of drug-likeness (QED) is 0.395. The summed E-state index contributed by atoms with van der Waals surface area (Å²) in [7, 11) is 1.75. The molecule has 2 N–H and O–H groups in total. The van der Waals surface area contributed by atoms with Gasteiger partial charge in [-0.05, 0) is 37.8 Å². The zero-order valence-corrected chi connectivity index (χ0v) is 15.1. The zero-order chi connectivity index (χ0) is 14.2. The van der Waals surface area contributed by atoms with Crippen LogP contribution in [0.15, 0.2) is 27.8 Å². The van der Waals surface area contributed by atoms with Crippen LogP contribution in [0.25, 0.3) is 0 Å². The number of halogens is 1. The van der Waals surface area contributed by atoms with Crippen LogP contribution in [0.1, 0.15) is 25.5 Å². The monoisotopic (exact) mass is 407 g/mol. The van der Waals surface area contributed by atoms with Crippen molar-refractivity contribution in [3.05, 3.63) is 24.2 Å². The summed E-state index contributed by atoms with van der Waals surface area (Å²) in [5.41, 5.74) is 0. The largest absolute Gasteiger partial charge is 0.469 e. The molecule has 0 aliphatic heterocycles. The van der Waals surface area contributed by atoms with E-state index >= 15 is 0 Å². The molecule has 5 nitrogen and oxygen atoms in total. The summed E-state index contributed by atoms with van der Waals surface area (Å²) >= 11 is 0. The molecule has 0 spiro atoms. The van der Waals surface area contributed by atoms with Gasteiger partial charge in [0.15, 0.2) is 5.96 Å². The summed E-state index contributed by atoms with van der Waals surface area (Å²) in [6, 6.07) is 4.25. The number of aliphatic imine (C=N–C) groups is 1. The van der Waals surface area contributed by atoms with Crippen LogP contribution in [0.2, 0.25) is 0 Å². The lowest BCUT2D eigenvalue weighted by molar-refractivity contribution is 0.165. The first-order valence-electron chi connectivity index (χ1n) is 7.39. The Bertz CT molecular complexity index is 405. The Morgan fingerprint density at radius 3 is 2.90 bits per heavy atom. The third-order valence-electron chi connectivity index (χ3n) is 3.41. The van der Waals surface area contributed by atoms with Crippen LogP contribution in [0, 0.1) is 5.92 Å². The first kappa shape index (κ1) is 18.3. The molecular formula is C15H26IN3O2. The number of methoxy groups -OCH3 is 1. The lowest BCUT2D eigenvalue weighted by Crippen LogP contribution is -2.46. The first-order valence-corrected chi connectivity index (χ1v) is 7.39. The fraction of sp³-hybridized carbons (Fsp3) is 0.667. The number of ether oxygens (including phenoxy) is 1. The van der Waals surface area contributed by atoms with Crippen molar-refractivity contribution in [1.29, 1.82) is 0 Å². The highest BCUT2D eigenvalue weighted by atomic mass is 127. The van der Waals surface area contributed by atoms with Gasteiger partial charge in [-0.3, -0.25) is 4.99 Å². The van der Waals surface area contributed by atoms with Gasteiger partial charge in [0, 0.05) is 26.6 Å². The van der Waals surface area contributed by atoms with E-state index in [-0.39, 0.29) is 24.0 Å². The molecule has 1 fully saturated rings. The van der Waals surface area contributed by atoms with Gasteiger partial charge < -0.3 is 19.8 Å². The molecule has 0 saturated heterocycles. The lowest BCUT2D eigenvalue weighted by Gasteiger charge is -2.20. The third-order valence-corrected chi connectivity index (χ3v) is 3.41. The van der Waals surface area contributed by atoms with E-state index in [0.29, 0.717) is 12.6 Å². The van der Waals surface area contributed by atoms with Crippen LogP contribution >= 0.6 is 24.0 Å². The summed E-state index contributed by atoms with van der Waals surface area (Å²) in [5.74, 6) is 2.57. The molecule has 1 heterocycles. The highest BCUT2D eigenvalue weighted by Crippen LogP contribution is 2.32. The van der Waals surface area contributed by atoms with Crippen LogP contribution in [-0.2, 0) is 11.2 Å². The van der Waals surface area contributed by atoms with E-state index in [9.17, 15) is 0 Å². The van der Waals surface area contributed by atoms with E-state index in [2.05, 4.69) is 22.5 Å². The minimum Gasteiger partial charge on any atom is -0.469 e. The van der Waals surface area contributed by atoms with Crippen LogP contribution in [-0.4, -0.2) is 38.8 Å². The summed E-state index contributed by atoms with van der Waals surface area (Å²) in [6.45, 7) is 4.38. The maximum atomic E-state index is 5.31. The molecule has 0 amide bonds. The van der Waals surface area contributed by atoms with Crippen LogP contribution < -0.4 is 10.6 Å². The SMILES string of the molecule is CCNC(=NCCc1ccco1)NC(COC)C1CC1.I. The molecule has 0 radical (unpaired) electrons.